The lowest BCUT2D eigenvalue weighted by molar-refractivity contribution is -0.133. The maximum Gasteiger partial charge on any atom is 0.222 e. The summed E-state index contributed by atoms with van der Waals surface area (Å²) in [4.78, 5) is 27.6. The van der Waals surface area contributed by atoms with E-state index in [2.05, 4.69) is 6.92 Å². The summed E-state index contributed by atoms with van der Waals surface area (Å²) >= 11 is 0. The van der Waals surface area contributed by atoms with Crippen LogP contribution in [0.15, 0.2) is 0 Å². The molecule has 1 aliphatic rings. The van der Waals surface area contributed by atoms with Crippen LogP contribution in [0.25, 0.3) is 0 Å². The minimum absolute atomic E-state index is 0.236. The molecule has 1 saturated heterocycles. The third-order valence-corrected chi connectivity index (χ3v) is 3.41. The van der Waals surface area contributed by atoms with Gasteiger partial charge in [-0.15, -0.1) is 0 Å². The van der Waals surface area contributed by atoms with Crippen LogP contribution in [0.4, 0.5) is 0 Å². The van der Waals surface area contributed by atoms with Crippen LogP contribution < -0.4 is 0 Å². The molecule has 2 amide bonds. The van der Waals surface area contributed by atoms with Gasteiger partial charge in [0.2, 0.25) is 11.8 Å². The van der Waals surface area contributed by atoms with Crippen molar-refractivity contribution in [2.45, 2.75) is 52.4 Å². The van der Waals surface area contributed by atoms with Gasteiger partial charge in [0, 0.05) is 39.0 Å². The first-order valence-electron chi connectivity index (χ1n) is 7.24. The van der Waals surface area contributed by atoms with Crippen molar-refractivity contribution in [3.8, 4) is 0 Å². The molecule has 18 heavy (non-hydrogen) atoms. The standard InChI is InChI=1S/C14H26N2O2/c1-3-5-8-14(18)16-10-6-9-15(11-12-16)13(17)7-4-2/h3-12H2,1-2H3. The zero-order chi connectivity index (χ0) is 13.4. The number of hydrogen-bond donors (Lipinski definition) is 0. The molecule has 1 fully saturated rings. The van der Waals surface area contributed by atoms with E-state index in [1.807, 2.05) is 16.7 Å². The summed E-state index contributed by atoms with van der Waals surface area (Å²) in [5.41, 5.74) is 0. The molecule has 1 heterocycles. The third kappa shape index (κ3) is 4.67. The molecule has 4 heteroatoms. The number of carbonyl (C=O) groups excluding carboxylic acids is 2. The van der Waals surface area contributed by atoms with E-state index in [1.54, 1.807) is 0 Å². The van der Waals surface area contributed by atoms with Crippen LogP contribution in [-0.4, -0.2) is 47.8 Å². The van der Waals surface area contributed by atoms with E-state index in [0.29, 0.717) is 25.9 Å². The van der Waals surface area contributed by atoms with E-state index >= 15 is 0 Å². The second-order valence-corrected chi connectivity index (χ2v) is 4.97. The molecule has 4 nitrogen and oxygen atoms in total. The maximum atomic E-state index is 11.9. The zero-order valence-corrected chi connectivity index (χ0v) is 11.8. The maximum absolute atomic E-state index is 11.9. The van der Waals surface area contributed by atoms with Crippen molar-refractivity contribution >= 4 is 11.8 Å². The van der Waals surface area contributed by atoms with Crippen molar-refractivity contribution in [2.24, 2.45) is 0 Å². The Morgan fingerprint density at radius 2 is 1.39 bits per heavy atom. The highest BCUT2D eigenvalue weighted by Crippen LogP contribution is 2.08. The molecular formula is C14H26N2O2. The van der Waals surface area contributed by atoms with Gasteiger partial charge in [-0.1, -0.05) is 20.3 Å². The Balaban J connectivity index is 2.40. The summed E-state index contributed by atoms with van der Waals surface area (Å²) < 4.78 is 0. The molecule has 1 aliphatic heterocycles. The Bertz CT molecular complexity index is 279. The number of rotatable bonds is 5. The number of carbonyl (C=O) groups is 2. The predicted molar refractivity (Wildman–Crippen MR) is 72.2 cm³/mol. The molecule has 0 spiro atoms. The van der Waals surface area contributed by atoms with Crippen LogP contribution in [-0.2, 0) is 9.59 Å². The summed E-state index contributed by atoms with van der Waals surface area (Å²) in [7, 11) is 0. The van der Waals surface area contributed by atoms with Gasteiger partial charge in [0.1, 0.15) is 0 Å². The average molecular weight is 254 g/mol. The molecule has 0 aromatic carbocycles. The Hall–Kier alpha value is -1.06. The zero-order valence-electron chi connectivity index (χ0n) is 11.8. The summed E-state index contributed by atoms with van der Waals surface area (Å²) in [6.45, 7) is 7.14. The number of hydrogen-bond acceptors (Lipinski definition) is 2. The normalized spacial score (nSPS) is 16.6. The minimum atomic E-state index is 0.236. The first kappa shape index (κ1) is 15.0. The number of unbranched alkanes of at least 4 members (excludes halogenated alkanes) is 1. The molecule has 1 rings (SSSR count). The fourth-order valence-corrected chi connectivity index (χ4v) is 2.27. The van der Waals surface area contributed by atoms with Gasteiger partial charge in [-0.2, -0.15) is 0 Å². The number of nitrogens with zero attached hydrogens (tertiary/aromatic N) is 2. The molecule has 104 valence electrons. The van der Waals surface area contributed by atoms with Crippen LogP contribution in [0.5, 0.6) is 0 Å². The lowest BCUT2D eigenvalue weighted by Crippen LogP contribution is -2.37. The number of amides is 2. The highest BCUT2D eigenvalue weighted by molar-refractivity contribution is 5.77. The minimum Gasteiger partial charge on any atom is -0.341 e. The first-order chi connectivity index (χ1) is 8.69. The Morgan fingerprint density at radius 1 is 0.833 bits per heavy atom. The van der Waals surface area contributed by atoms with Crippen LogP contribution >= 0.6 is 0 Å². The molecule has 0 radical (unpaired) electrons. The van der Waals surface area contributed by atoms with E-state index < -0.39 is 0 Å². The van der Waals surface area contributed by atoms with Crippen molar-refractivity contribution in [3.05, 3.63) is 0 Å². The van der Waals surface area contributed by atoms with Crippen molar-refractivity contribution in [1.82, 2.24) is 9.80 Å². The highest BCUT2D eigenvalue weighted by atomic mass is 16.2. The summed E-state index contributed by atoms with van der Waals surface area (Å²) in [6.07, 6.45) is 5.11. The molecular weight excluding hydrogens is 228 g/mol. The van der Waals surface area contributed by atoms with Crippen molar-refractivity contribution in [1.29, 1.82) is 0 Å². The van der Waals surface area contributed by atoms with E-state index in [4.69, 9.17) is 0 Å². The van der Waals surface area contributed by atoms with Gasteiger partial charge in [-0.3, -0.25) is 9.59 Å². The van der Waals surface area contributed by atoms with E-state index in [0.717, 1.165) is 38.8 Å². The summed E-state index contributed by atoms with van der Waals surface area (Å²) in [5.74, 6) is 0.488. The molecule has 0 bridgehead atoms. The Morgan fingerprint density at radius 3 is 1.89 bits per heavy atom. The predicted octanol–water partition coefficient (Wildman–Crippen LogP) is 2.04. The van der Waals surface area contributed by atoms with Crippen LogP contribution in [0.3, 0.4) is 0 Å². The molecule has 0 aromatic rings. The van der Waals surface area contributed by atoms with Gasteiger partial charge < -0.3 is 9.80 Å². The third-order valence-electron chi connectivity index (χ3n) is 3.41. The van der Waals surface area contributed by atoms with E-state index in [9.17, 15) is 9.59 Å². The molecule has 0 N–H and O–H groups in total. The van der Waals surface area contributed by atoms with Gasteiger partial charge in [-0.05, 0) is 19.3 Å². The van der Waals surface area contributed by atoms with Crippen LogP contribution in [0.1, 0.15) is 52.4 Å². The lowest BCUT2D eigenvalue weighted by atomic mass is 10.2. The SMILES string of the molecule is CCCCC(=O)N1CCCN(C(=O)CCC)CC1. The Kier molecular flexibility index (Phi) is 6.76. The van der Waals surface area contributed by atoms with Crippen molar-refractivity contribution in [3.63, 3.8) is 0 Å². The van der Waals surface area contributed by atoms with Crippen molar-refractivity contribution < 1.29 is 9.59 Å². The highest BCUT2D eigenvalue weighted by Gasteiger charge is 2.20. The molecule has 0 saturated carbocycles. The molecule has 0 atom stereocenters. The van der Waals surface area contributed by atoms with Gasteiger partial charge >= 0.3 is 0 Å². The van der Waals surface area contributed by atoms with Gasteiger partial charge in [0.15, 0.2) is 0 Å². The monoisotopic (exact) mass is 254 g/mol. The fraction of sp³-hybridized carbons (Fsp3) is 0.857. The van der Waals surface area contributed by atoms with E-state index in [1.165, 1.54) is 0 Å². The van der Waals surface area contributed by atoms with Crippen LogP contribution in [0.2, 0.25) is 0 Å². The second-order valence-electron chi connectivity index (χ2n) is 4.97. The average Bonchev–Trinajstić information content (AvgIpc) is 2.62. The largest absolute Gasteiger partial charge is 0.341 e. The fourth-order valence-electron chi connectivity index (χ4n) is 2.27. The summed E-state index contributed by atoms with van der Waals surface area (Å²) in [5, 5.41) is 0. The Labute approximate surface area is 110 Å². The van der Waals surface area contributed by atoms with Gasteiger partial charge in [0.05, 0.1) is 0 Å². The van der Waals surface area contributed by atoms with Crippen molar-refractivity contribution in [2.75, 3.05) is 26.2 Å². The summed E-state index contributed by atoms with van der Waals surface area (Å²) in [6, 6.07) is 0. The lowest BCUT2D eigenvalue weighted by Gasteiger charge is -2.22. The van der Waals surface area contributed by atoms with Crippen LogP contribution in [0, 0.1) is 0 Å². The smallest absolute Gasteiger partial charge is 0.222 e. The first-order valence-corrected chi connectivity index (χ1v) is 7.24. The topological polar surface area (TPSA) is 40.6 Å². The molecule has 0 aliphatic carbocycles. The molecule has 0 aromatic heterocycles. The van der Waals surface area contributed by atoms with Gasteiger partial charge in [-0.25, -0.2) is 0 Å². The molecule has 0 unspecified atom stereocenters. The quantitative estimate of drug-likeness (QED) is 0.753. The second kappa shape index (κ2) is 8.11. The van der Waals surface area contributed by atoms with Gasteiger partial charge in [0.25, 0.3) is 0 Å². The van der Waals surface area contributed by atoms with E-state index in [-0.39, 0.29) is 11.8 Å².